The van der Waals surface area contributed by atoms with Crippen molar-refractivity contribution in [2.75, 3.05) is 24.7 Å². The van der Waals surface area contributed by atoms with Crippen LogP contribution in [0, 0.1) is 13.8 Å². The van der Waals surface area contributed by atoms with Crippen LogP contribution in [0.4, 0.5) is 0 Å². The van der Waals surface area contributed by atoms with E-state index in [1.54, 1.807) is 23.5 Å². The maximum Gasteiger partial charge on any atom is 0.0788 e. The van der Waals surface area contributed by atoms with Crippen LogP contribution in [-0.4, -0.2) is 45.1 Å². The minimum Gasteiger partial charge on any atom is -0.396 e. The molecule has 0 aliphatic heterocycles. The first-order valence-electron chi connectivity index (χ1n) is 5.17. The number of hydrogen-bond acceptors (Lipinski definition) is 5. The van der Waals surface area contributed by atoms with Crippen molar-refractivity contribution in [3.8, 4) is 0 Å². The van der Waals surface area contributed by atoms with E-state index >= 15 is 0 Å². The number of aromatic amines is 1. The van der Waals surface area contributed by atoms with Crippen molar-refractivity contribution in [1.82, 2.24) is 10.2 Å². The zero-order chi connectivity index (χ0) is 12.0. The van der Waals surface area contributed by atoms with Gasteiger partial charge in [0.1, 0.15) is 0 Å². The molecule has 17 heavy (non-hydrogen) atoms. The highest BCUT2D eigenvalue weighted by Crippen LogP contribution is 2.41. The van der Waals surface area contributed by atoms with Gasteiger partial charge < -0.3 is 10.2 Å². The molecule has 100 valence electrons. The standard InChI is InChI=1S/C10H18N2O2S2.ClH/c1-7-9(8(2)12-11-7)10(15-5-3-13)16-6-4-14;/h10,13-14H,3-6H2,1-2H3,(H,11,12);1H. The van der Waals surface area contributed by atoms with Crippen LogP contribution >= 0.6 is 35.9 Å². The summed E-state index contributed by atoms with van der Waals surface area (Å²) in [6.07, 6.45) is 0. The van der Waals surface area contributed by atoms with Crippen LogP contribution in [0.3, 0.4) is 0 Å². The van der Waals surface area contributed by atoms with Crippen LogP contribution in [-0.2, 0) is 0 Å². The molecule has 0 unspecified atom stereocenters. The minimum atomic E-state index is 0. The lowest BCUT2D eigenvalue weighted by Gasteiger charge is -2.15. The molecule has 0 radical (unpaired) electrons. The van der Waals surface area contributed by atoms with Crippen LogP contribution in [0.15, 0.2) is 0 Å². The van der Waals surface area contributed by atoms with Gasteiger partial charge >= 0.3 is 0 Å². The molecule has 1 aromatic rings. The molecule has 1 heterocycles. The van der Waals surface area contributed by atoms with Gasteiger partial charge in [0, 0.05) is 22.8 Å². The number of halogens is 1. The van der Waals surface area contributed by atoms with Gasteiger partial charge in [-0.1, -0.05) is 0 Å². The van der Waals surface area contributed by atoms with Crippen LogP contribution in [0.5, 0.6) is 0 Å². The molecule has 0 aliphatic carbocycles. The largest absolute Gasteiger partial charge is 0.396 e. The molecular weight excluding hydrogens is 280 g/mol. The summed E-state index contributed by atoms with van der Waals surface area (Å²) in [5.74, 6) is 1.40. The Labute approximate surface area is 116 Å². The van der Waals surface area contributed by atoms with Crippen molar-refractivity contribution in [3.63, 3.8) is 0 Å². The average molecular weight is 299 g/mol. The van der Waals surface area contributed by atoms with Gasteiger partial charge in [-0.15, -0.1) is 35.9 Å². The number of aryl methyl sites for hydroxylation is 2. The Hall–Kier alpha value is 0.120. The zero-order valence-corrected chi connectivity index (χ0v) is 12.4. The highest BCUT2D eigenvalue weighted by Gasteiger charge is 2.19. The van der Waals surface area contributed by atoms with Gasteiger partial charge in [-0.25, -0.2) is 0 Å². The van der Waals surface area contributed by atoms with Gasteiger partial charge in [0.25, 0.3) is 0 Å². The van der Waals surface area contributed by atoms with E-state index < -0.39 is 0 Å². The minimum absolute atomic E-state index is 0. The molecule has 0 amide bonds. The van der Waals surface area contributed by atoms with E-state index in [4.69, 9.17) is 10.2 Å². The second-order valence-electron chi connectivity index (χ2n) is 3.37. The Bertz CT molecular complexity index is 296. The van der Waals surface area contributed by atoms with Crippen LogP contribution in [0.1, 0.15) is 21.5 Å². The summed E-state index contributed by atoms with van der Waals surface area (Å²) < 4.78 is 0.234. The molecule has 4 nitrogen and oxygen atoms in total. The van der Waals surface area contributed by atoms with E-state index in [0.29, 0.717) is 11.5 Å². The molecule has 1 rings (SSSR count). The maximum atomic E-state index is 8.87. The number of nitrogens with one attached hydrogen (secondary N) is 1. The molecule has 0 aliphatic rings. The number of hydrogen-bond donors (Lipinski definition) is 3. The van der Waals surface area contributed by atoms with Crippen LogP contribution in [0.25, 0.3) is 0 Å². The van der Waals surface area contributed by atoms with Crippen LogP contribution in [0.2, 0.25) is 0 Å². The molecule has 1 aromatic heterocycles. The summed E-state index contributed by atoms with van der Waals surface area (Å²) >= 11 is 3.38. The first kappa shape index (κ1) is 17.1. The van der Waals surface area contributed by atoms with E-state index in [1.807, 2.05) is 13.8 Å². The summed E-state index contributed by atoms with van der Waals surface area (Å²) in [6.45, 7) is 4.33. The Morgan fingerprint density at radius 1 is 1.18 bits per heavy atom. The smallest absolute Gasteiger partial charge is 0.0788 e. The van der Waals surface area contributed by atoms with E-state index in [1.165, 1.54) is 5.56 Å². The number of aliphatic hydroxyl groups is 2. The van der Waals surface area contributed by atoms with Crippen molar-refractivity contribution in [1.29, 1.82) is 0 Å². The van der Waals surface area contributed by atoms with E-state index in [9.17, 15) is 0 Å². The van der Waals surface area contributed by atoms with E-state index in [-0.39, 0.29) is 30.2 Å². The third-order valence-corrected chi connectivity index (χ3v) is 4.87. The number of nitrogens with zero attached hydrogens (tertiary/aromatic N) is 1. The molecular formula is C10H19ClN2O2S2. The van der Waals surface area contributed by atoms with Crippen LogP contribution < -0.4 is 0 Å². The van der Waals surface area contributed by atoms with Gasteiger partial charge in [-0.05, 0) is 13.8 Å². The first-order valence-corrected chi connectivity index (χ1v) is 7.26. The predicted octanol–water partition coefficient (Wildman–Crippen LogP) is 1.90. The highest BCUT2D eigenvalue weighted by molar-refractivity contribution is 8.16. The third kappa shape index (κ3) is 5.09. The quantitative estimate of drug-likeness (QED) is 0.671. The zero-order valence-electron chi connectivity index (χ0n) is 9.97. The van der Waals surface area contributed by atoms with Crippen molar-refractivity contribution < 1.29 is 10.2 Å². The molecule has 7 heteroatoms. The number of H-pyrrole nitrogens is 1. The van der Waals surface area contributed by atoms with Gasteiger partial charge in [-0.2, -0.15) is 5.10 Å². The predicted molar refractivity (Wildman–Crippen MR) is 77.1 cm³/mol. The van der Waals surface area contributed by atoms with E-state index in [0.717, 1.165) is 11.4 Å². The summed E-state index contributed by atoms with van der Waals surface area (Å²) in [4.78, 5) is 0. The number of thioether (sulfide) groups is 2. The number of rotatable bonds is 7. The molecule has 0 saturated carbocycles. The van der Waals surface area contributed by atoms with E-state index in [2.05, 4.69) is 10.2 Å². The normalized spacial score (nSPS) is 10.6. The van der Waals surface area contributed by atoms with Crippen molar-refractivity contribution in [2.24, 2.45) is 0 Å². The monoisotopic (exact) mass is 298 g/mol. The average Bonchev–Trinajstić information content (AvgIpc) is 2.60. The lowest BCUT2D eigenvalue weighted by molar-refractivity contribution is 0.322. The molecule has 0 fully saturated rings. The SMILES string of the molecule is Cc1n[nH]c(C)c1C(SCCO)SCCO.Cl. The van der Waals surface area contributed by atoms with Crippen molar-refractivity contribution >= 4 is 35.9 Å². The third-order valence-electron chi connectivity index (χ3n) is 2.14. The summed E-state index contributed by atoms with van der Waals surface area (Å²) in [5.41, 5.74) is 3.26. The molecule has 0 spiro atoms. The Kier molecular flexibility index (Phi) is 9.17. The van der Waals surface area contributed by atoms with Crippen molar-refractivity contribution in [3.05, 3.63) is 17.0 Å². The van der Waals surface area contributed by atoms with Gasteiger partial charge in [0.2, 0.25) is 0 Å². The fourth-order valence-corrected chi connectivity index (χ4v) is 4.07. The fraction of sp³-hybridized carbons (Fsp3) is 0.700. The lowest BCUT2D eigenvalue weighted by atomic mass is 10.2. The molecule has 0 bridgehead atoms. The Balaban J connectivity index is 0.00000256. The summed E-state index contributed by atoms with van der Waals surface area (Å²) in [6, 6.07) is 0. The maximum absolute atomic E-state index is 8.87. The molecule has 0 saturated heterocycles. The number of aromatic nitrogens is 2. The molecule has 3 N–H and O–H groups in total. The lowest BCUT2D eigenvalue weighted by Crippen LogP contribution is -1.99. The molecule has 0 aromatic carbocycles. The van der Waals surface area contributed by atoms with Gasteiger partial charge in [0.05, 0.1) is 23.5 Å². The molecule has 0 atom stereocenters. The second-order valence-corrected chi connectivity index (χ2v) is 6.09. The fourth-order valence-electron chi connectivity index (χ4n) is 1.44. The number of aliphatic hydroxyl groups excluding tert-OH is 2. The first-order chi connectivity index (χ1) is 7.70. The summed E-state index contributed by atoms with van der Waals surface area (Å²) in [7, 11) is 0. The topological polar surface area (TPSA) is 69.1 Å². The van der Waals surface area contributed by atoms with Gasteiger partial charge in [-0.3, -0.25) is 5.10 Å². The van der Waals surface area contributed by atoms with Crippen molar-refractivity contribution in [2.45, 2.75) is 18.4 Å². The second kappa shape index (κ2) is 9.10. The van der Waals surface area contributed by atoms with Gasteiger partial charge in [0.15, 0.2) is 0 Å². The summed E-state index contributed by atoms with van der Waals surface area (Å²) in [5, 5.41) is 24.9. The Morgan fingerprint density at radius 3 is 2.06 bits per heavy atom. The Morgan fingerprint density at radius 2 is 1.71 bits per heavy atom. The highest BCUT2D eigenvalue weighted by atomic mass is 35.5.